The molecular weight excluding hydrogens is 767 g/mol. The highest BCUT2D eigenvalue weighted by Crippen LogP contribution is 2.44. The first-order chi connectivity index (χ1) is 29.7. The van der Waals surface area contributed by atoms with Crippen molar-refractivity contribution in [2.24, 2.45) is 0 Å². The third kappa shape index (κ3) is 5.74. The number of benzene rings is 9. The standard InChI is InChI=1S/C55H33N3S2/c1-3-15-34(16-4-1)37-31-32-38(40-20-8-7-19-39(37)40)36-29-30-45(48(33-36)35-17-5-2-6-18-35)53-56-54(46-25-13-23-43-41-21-9-11-27-49(41)59-51(43)46)58-55(57-53)47-26-14-24-44-42-22-10-12-28-50(42)60-52(44)47/h1-33H. The number of aromatic nitrogens is 3. The first kappa shape index (κ1) is 34.7. The van der Waals surface area contributed by atoms with Crippen LogP contribution in [0.2, 0.25) is 0 Å². The first-order valence-electron chi connectivity index (χ1n) is 20.1. The quantitative estimate of drug-likeness (QED) is 0.168. The molecule has 0 amide bonds. The Morgan fingerprint density at radius 1 is 0.250 bits per heavy atom. The van der Waals surface area contributed by atoms with E-state index in [-0.39, 0.29) is 0 Å². The second-order valence-electron chi connectivity index (χ2n) is 15.1. The summed E-state index contributed by atoms with van der Waals surface area (Å²) in [7, 11) is 0. The molecule has 3 aromatic heterocycles. The molecule has 9 aromatic carbocycles. The van der Waals surface area contributed by atoms with Gasteiger partial charge in [-0.05, 0) is 80.6 Å². The molecule has 3 nitrogen and oxygen atoms in total. The third-order valence-electron chi connectivity index (χ3n) is 11.6. The maximum Gasteiger partial charge on any atom is 0.165 e. The average molecular weight is 800 g/mol. The van der Waals surface area contributed by atoms with Crippen LogP contribution in [0.5, 0.6) is 0 Å². The molecule has 3 heterocycles. The van der Waals surface area contributed by atoms with Crippen LogP contribution in [-0.4, -0.2) is 15.0 Å². The van der Waals surface area contributed by atoms with E-state index >= 15 is 0 Å². The molecule has 12 aromatic rings. The summed E-state index contributed by atoms with van der Waals surface area (Å²) in [5.74, 6) is 1.97. The van der Waals surface area contributed by atoms with Crippen LogP contribution >= 0.6 is 22.7 Å². The first-order valence-corrected chi connectivity index (χ1v) is 21.7. The van der Waals surface area contributed by atoms with Gasteiger partial charge >= 0.3 is 0 Å². The van der Waals surface area contributed by atoms with Crippen molar-refractivity contribution in [1.82, 2.24) is 15.0 Å². The molecule has 0 unspecified atom stereocenters. The van der Waals surface area contributed by atoms with Gasteiger partial charge in [0.2, 0.25) is 0 Å². The van der Waals surface area contributed by atoms with E-state index in [1.165, 1.54) is 67.8 Å². The summed E-state index contributed by atoms with van der Waals surface area (Å²) >= 11 is 3.59. The molecule has 0 radical (unpaired) electrons. The van der Waals surface area contributed by atoms with Crippen molar-refractivity contribution in [3.8, 4) is 67.5 Å². The lowest BCUT2D eigenvalue weighted by Crippen LogP contribution is -2.01. The van der Waals surface area contributed by atoms with Crippen molar-refractivity contribution in [1.29, 1.82) is 0 Å². The Kier molecular flexibility index (Phi) is 8.22. The van der Waals surface area contributed by atoms with E-state index in [0.717, 1.165) is 33.4 Å². The monoisotopic (exact) mass is 799 g/mol. The predicted octanol–water partition coefficient (Wildman–Crippen LogP) is 15.8. The Labute approximate surface area is 354 Å². The lowest BCUT2D eigenvalue weighted by Gasteiger charge is -2.16. The maximum atomic E-state index is 5.41. The molecule has 0 aliphatic heterocycles. The number of hydrogen-bond acceptors (Lipinski definition) is 5. The van der Waals surface area contributed by atoms with Gasteiger partial charge in [-0.25, -0.2) is 15.0 Å². The van der Waals surface area contributed by atoms with Crippen LogP contribution in [-0.2, 0) is 0 Å². The molecule has 60 heavy (non-hydrogen) atoms. The Balaban J connectivity index is 1.11. The highest BCUT2D eigenvalue weighted by atomic mass is 32.1. The SMILES string of the molecule is c1ccc(-c2cc(-c3ccc(-c4ccccc4)c4ccccc34)ccc2-c2nc(-c3cccc4c3sc3ccccc34)nc(-c3cccc4c3sc3ccccc34)n2)cc1. The second-order valence-corrected chi connectivity index (χ2v) is 17.2. The summed E-state index contributed by atoms with van der Waals surface area (Å²) in [6.07, 6.45) is 0. The van der Waals surface area contributed by atoms with Gasteiger partial charge in [0, 0.05) is 57.0 Å². The van der Waals surface area contributed by atoms with E-state index in [0.29, 0.717) is 17.5 Å². The molecule has 12 rings (SSSR count). The minimum atomic E-state index is 0.640. The normalized spacial score (nSPS) is 11.7. The van der Waals surface area contributed by atoms with Crippen LogP contribution in [0, 0.1) is 0 Å². The van der Waals surface area contributed by atoms with Gasteiger partial charge in [-0.15, -0.1) is 22.7 Å². The Hall–Kier alpha value is -7.31. The number of thiophene rings is 2. The van der Waals surface area contributed by atoms with Gasteiger partial charge in [-0.3, -0.25) is 0 Å². The van der Waals surface area contributed by atoms with Crippen molar-refractivity contribution in [2.75, 3.05) is 0 Å². The van der Waals surface area contributed by atoms with Gasteiger partial charge in [-0.1, -0.05) is 164 Å². The van der Waals surface area contributed by atoms with E-state index in [4.69, 9.17) is 15.0 Å². The Morgan fingerprint density at radius 3 is 1.18 bits per heavy atom. The summed E-state index contributed by atoms with van der Waals surface area (Å²) in [5.41, 5.74) is 9.87. The molecule has 0 saturated carbocycles. The lowest BCUT2D eigenvalue weighted by atomic mass is 9.89. The molecular formula is C55H33N3S2. The van der Waals surface area contributed by atoms with Crippen LogP contribution in [0.15, 0.2) is 200 Å². The van der Waals surface area contributed by atoms with Crippen LogP contribution in [0.3, 0.4) is 0 Å². The molecule has 0 fully saturated rings. The van der Waals surface area contributed by atoms with Gasteiger partial charge in [0.15, 0.2) is 17.5 Å². The molecule has 280 valence electrons. The van der Waals surface area contributed by atoms with Crippen LogP contribution in [0.1, 0.15) is 0 Å². The molecule has 0 spiro atoms. The second kappa shape index (κ2) is 14.2. The maximum absolute atomic E-state index is 5.41. The Bertz CT molecular complexity index is 3470. The topological polar surface area (TPSA) is 38.7 Å². The van der Waals surface area contributed by atoms with Crippen molar-refractivity contribution < 1.29 is 0 Å². The molecule has 0 N–H and O–H groups in total. The summed E-state index contributed by atoms with van der Waals surface area (Å²) in [4.78, 5) is 16.2. The fourth-order valence-electron chi connectivity index (χ4n) is 8.77. The molecule has 0 aliphatic carbocycles. The van der Waals surface area contributed by atoms with Gasteiger partial charge < -0.3 is 0 Å². The average Bonchev–Trinajstić information content (AvgIpc) is 3.90. The van der Waals surface area contributed by atoms with Gasteiger partial charge in [-0.2, -0.15) is 0 Å². The zero-order valence-corrected chi connectivity index (χ0v) is 33.8. The molecule has 0 atom stereocenters. The van der Waals surface area contributed by atoms with E-state index in [2.05, 4.69) is 200 Å². The molecule has 0 aliphatic rings. The fraction of sp³-hybridized carbons (Fsp3) is 0. The molecule has 0 saturated heterocycles. The van der Waals surface area contributed by atoms with Crippen molar-refractivity contribution >= 4 is 73.8 Å². The fourth-order valence-corrected chi connectivity index (χ4v) is 11.2. The van der Waals surface area contributed by atoms with Crippen molar-refractivity contribution in [3.05, 3.63) is 200 Å². The zero-order valence-electron chi connectivity index (χ0n) is 32.2. The summed E-state index contributed by atoms with van der Waals surface area (Å²) in [6.45, 7) is 0. The highest BCUT2D eigenvalue weighted by molar-refractivity contribution is 7.26. The zero-order chi connectivity index (χ0) is 39.6. The predicted molar refractivity (Wildman–Crippen MR) is 256 cm³/mol. The van der Waals surface area contributed by atoms with Gasteiger partial charge in [0.1, 0.15) is 0 Å². The van der Waals surface area contributed by atoms with E-state index in [1.807, 2.05) is 0 Å². The highest BCUT2D eigenvalue weighted by Gasteiger charge is 2.21. The largest absolute Gasteiger partial charge is 0.208 e. The summed E-state index contributed by atoms with van der Waals surface area (Å²) in [6, 6.07) is 71.5. The van der Waals surface area contributed by atoms with Crippen molar-refractivity contribution in [2.45, 2.75) is 0 Å². The molecule has 0 bridgehead atoms. The van der Waals surface area contributed by atoms with E-state index in [9.17, 15) is 0 Å². The van der Waals surface area contributed by atoms with Gasteiger partial charge in [0.25, 0.3) is 0 Å². The van der Waals surface area contributed by atoms with Gasteiger partial charge in [0.05, 0.1) is 0 Å². The lowest BCUT2D eigenvalue weighted by molar-refractivity contribution is 1.08. The van der Waals surface area contributed by atoms with E-state index in [1.54, 1.807) is 22.7 Å². The van der Waals surface area contributed by atoms with E-state index < -0.39 is 0 Å². The number of fused-ring (bicyclic) bond motifs is 7. The molecule has 5 heteroatoms. The van der Waals surface area contributed by atoms with Crippen LogP contribution in [0.25, 0.3) is 119 Å². The smallest absolute Gasteiger partial charge is 0.165 e. The summed E-state index contributed by atoms with van der Waals surface area (Å²) in [5, 5.41) is 7.35. The van der Waals surface area contributed by atoms with Crippen LogP contribution in [0.4, 0.5) is 0 Å². The summed E-state index contributed by atoms with van der Waals surface area (Å²) < 4.78 is 4.84. The Morgan fingerprint density at radius 2 is 0.650 bits per heavy atom. The minimum absolute atomic E-state index is 0.640. The number of rotatable bonds is 6. The van der Waals surface area contributed by atoms with Crippen LogP contribution < -0.4 is 0 Å². The minimum Gasteiger partial charge on any atom is -0.208 e. The number of nitrogens with zero attached hydrogens (tertiary/aromatic N) is 3. The van der Waals surface area contributed by atoms with Crippen molar-refractivity contribution in [3.63, 3.8) is 0 Å². The number of hydrogen-bond donors (Lipinski definition) is 0. The third-order valence-corrected chi connectivity index (χ3v) is 14.0.